The first-order valence-electron chi connectivity index (χ1n) is 6.45. The van der Waals surface area contributed by atoms with Gasteiger partial charge in [-0.25, -0.2) is 0 Å². The van der Waals surface area contributed by atoms with Gasteiger partial charge in [0, 0.05) is 18.7 Å². The SMILES string of the molecule is [CH2]c1ccc(C(=O)N(C)C2CCN(C)CC2)cc1. The van der Waals surface area contributed by atoms with Gasteiger partial charge in [-0.1, -0.05) is 12.1 Å². The van der Waals surface area contributed by atoms with Gasteiger partial charge < -0.3 is 9.80 Å². The van der Waals surface area contributed by atoms with E-state index in [1.165, 1.54) is 0 Å². The van der Waals surface area contributed by atoms with Crippen LogP contribution in [0.5, 0.6) is 0 Å². The Morgan fingerprint density at radius 2 is 1.83 bits per heavy atom. The molecule has 2 rings (SSSR count). The van der Waals surface area contributed by atoms with E-state index >= 15 is 0 Å². The predicted octanol–water partition coefficient (Wildman–Crippen LogP) is 2.03. The van der Waals surface area contributed by atoms with Gasteiger partial charge in [-0.2, -0.15) is 0 Å². The van der Waals surface area contributed by atoms with Gasteiger partial charge in [0.15, 0.2) is 0 Å². The van der Waals surface area contributed by atoms with Crippen LogP contribution in [0, 0.1) is 6.92 Å². The van der Waals surface area contributed by atoms with Crippen molar-refractivity contribution in [3.05, 3.63) is 42.3 Å². The largest absolute Gasteiger partial charge is 0.339 e. The molecular weight excluding hydrogens is 224 g/mol. The Labute approximate surface area is 109 Å². The van der Waals surface area contributed by atoms with Gasteiger partial charge in [-0.15, -0.1) is 0 Å². The van der Waals surface area contributed by atoms with Gasteiger partial charge in [0.1, 0.15) is 0 Å². The molecule has 0 spiro atoms. The maximum absolute atomic E-state index is 12.3. The molecule has 1 saturated heterocycles. The highest BCUT2D eigenvalue weighted by Crippen LogP contribution is 2.16. The van der Waals surface area contributed by atoms with Crippen LogP contribution in [0.15, 0.2) is 24.3 Å². The molecule has 1 amide bonds. The average Bonchev–Trinajstić information content (AvgIpc) is 2.39. The molecule has 3 nitrogen and oxygen atoms in total. The molecule has 1 radical (unpaired) electrons. The minimum absolute atomic E-state index is 0.115. The van der Waals surface area contributed by atoms with E-state index in [9.17, 15) is 4.79 Å². The Bertz CT molecular complexity index is 405. The highest BCUT2D eigenvalue weighted by Gasteiger charge is 2.24. The number of nitrogens with zero attached hydrogens (tertiary/aromatic N) is 2. The third-order valence-corrected chi connectivity index (χ3v) is 3.76. The number of carbonyl (C=O) groups is 1. The standard InChI is InChI=1S/C15H21N2O/c1-12-4-6-13(7-5-12)15(18)17(3)14-8-10-16(2)11-9-14/h4-7,14H,1,8-11H2,2-3H3. The lowest BCUT2D eigenvalue weighted by Crippen LogP contribution is -2.44. The second-order valence-corrected chi connectivity index (χ2v) is 5.15. The summed E-state index contributed by atoms with van der Waals surface area (Å²) in [6.07, 6.45) is 2.12. The molecule has 1 aliphatic rings. The highest BCUT2D eigenvalue weighted by atomic mass is 16.2. The molecule has 1 aromatic carbocycles. The molecule has 0 aliphatic carbocycles. The third-order valence-electron chi connectivity index (χ3n) is 3.76. The Balaban J connectivity index is 2.02. The summed E-state index contributed by atoms with van der Waals surface area (Å²) in [5.74, 6) is 0.115. The van der Waals surface area contributed by atoms with E-state index in [-0.39, 0.29) is 5.91 Å². The lowest BCUT2D eigenvalue weighted by molar-refractivity contribution is 0.0659. The summed E-state index contributed by atoms with van der Waals surface area (Å²) in [5, 5.41) is 0. The fourth-order valence-electron chi connectivity index (χ4n) is 2.40. The number of hydrogen-bond acceptors (Lipinski definition) is 2. The summed E-state index contributed by atoms with van der Waals surface area (Å²) in [4.78, 5) is 16.5. The lowest BCUT2D eigenvalue weighted by atomic mass is 10.0. The molecule has 0 saturated carbocycles. The zero-order valence-corrected chi connectivity index (χ0v) is 11.2. The summed E-state index contributed by atoms with van der Waals surface area (Å²) < 4.78 is 0. The molecule has 18 heavy (non-hydrogen) atoms. The number of carbonyl (C=O) groups excluding carboxylic acids is 1. The fourth-order valence-corrected chi connectivity index (χ4v) is 2.40. The van der Waals surface area contributed by atoms with Crippen LogP contribution < -0.4 is 0 Å². The lowest BCUT2D eigenvalue weighted by Gasteiger charge is -2.35. The molecule has 3 heteroatoms. The molecule has 1 fully saturated rings. The molecule has 0 aromatic heterocycles. The second kappa shape index (κ2) is 5.53. The Kier molecular flexibility index (Phi) is 4.02. The van der Waals surface area contributed by atoms with Gasteiger partial charge in [-0.3, -0.25) is 4.79 Å². The Hall–Kier alpha value is -1.35. The van der Waals surface area contributed by atoms with E-state index in [1.807, 2.05) is 36.2 Å². The number of hydrogen-bond donors (Lipinski definition) is 0. The first-order valence-corrected chi connectivity index (χ1v) is 6.45. The van der Waals surface area contributed by atoms with E-state index in [1.54, 1.807) is 0 Å². The summed E-state index contributed by atoms with van der Waals surface area (Å²) >= 11 is 0. The summed E-state index contributed by atoms with van der Waals surface area (Å²) in [6, 6.07) is 7.85. The van der Waals surface area contributed by atoms with Crippen molar-refractivity contribution in [3.63, 3.8) is 0 Å². The maximum atomic E-state index is 12.3. The third kappa shape index (κ3) is 2.91. The molecule has 0 N–H and O–H groups in total. The van der Waals surface area contributed by atoms with Crippen LogP contribution in [0.1, 0.15) is 28.8 Å². The molecule has 0 unspecified atom stereocenters. The summed E-state index contributed by atoms with van der Waals surface area (Å²) in [7, 11) is 4.04. The van der Waals surface area contributed by atoms with E-state index in [0.29, 0.717) is 6.04 Å². The molecule has 1 aromatic rings. The van der Waals surface area contributed by atoms with Crippen LogP contribution in [-0.2, 0) is 0 Å². The van der Waals surface area contributed by atoms with Crippen molar-refractivity contribution in [1.29, 1.82) is 0 Å². The van der Waals surface area contributed by atoms with Crippen molar-refractivity contribution >= 4 is 5.91 Å². The van der Waals surface area contributed by atoms with Gasteiger partial charge in [0.25, 0.3) is 5.91 Å². The van der Waals surface area contributed by atoms with E-state index in [0.717, 1.165) is 37.1 Å². The number of amides is 1. The maximum Gasteiger partial charge on any atom is 0.253 e. The summed E-state index contributed by atoms with van der Waals surface area (Å²) in [5.41, 5.74) is 1.69. The van der Waals surface area contributed by atoms with Crippen LogP contribution >= 0.6 is 0 Å². The second-order valence-electron chi connectivity index (χ2n) is 5.15. The molecule has 0 bridgehead atoms. The zero-order chi connectivity index (χ0) is 13.1. The zero-order valence-electron chi connectivity index (χ0n) is 11.2. The van der Waals surface area contributed by atoms with Crippen molar-refractivity contribution in [2.75, 3.05) is 27.2 Å². The number of piperidine rings is 1. The normalized spacial score (nSPS) is 17.7. The highest BCUT2D eigenvalue weighted by molar-refractivity contribution is 5.94. The van der Waals surface area contributed by atoms with E-state index in [2.05, 4.69) is 18.9 Å². The Morgan fingerprint density at radius 1 is 1.28 bits per heavy atom. The van der Waals surface area contributed by atoms with Crippen LogP contribution in [0.2, 0.25) is 0 Å². The van der Waals surface area contributed by atoms with Crippen LogP contribution in [0.25, 0.3) is 0 Å². The monoisotopic (exact) mass is 245 g/mol. The van der Waals surface area contributed by atoms with E-state index in [4.69, 9.17) is 0 Å². The van der Waals surface area contributed by atoms with Gasteiger partial charge in [0.2, 0.25) is 0 Å². The average molecular weight is 245 g/mol. The van der Waals surface area contributed by atoms with Crippen molar-refractivity contribution in [3.8, 4) is 0 Å². The van der Waals surface area contributed by atoms with Crippen LogP contribution in [0.4, 0.5) is 0 Å². The van der Waals surface area contributed by atoms with Gasteiger partial charge in [-0.05, 0) is 57.6 Å². The molecule has 1 aliphatic heterocycles. The Morgan fingerprint density at radius 3 is 2.39 bits per heavy atom. The smallest absolute Gasteiger partial charge is 0.253 e. The first-order chi connectivity index (χ1) is 8.58. The van der Waals surface area contributed by atoms with Crippen molar-refractivity contribution < 1.29 is 4.79 Å². The van der Waals surface area contributed by atoms with Crippen molar-refractivity contribution in [2.24, 2.45) is 0 Å². The van der Waals surface area contributed by atoms with Gasteiger partial charge >= 0.3 is 0 Å². The minimum atomic E-state index is 0.115. The molecule has 97 valence electrons. The topological polar surface area (TPSA) is 23.6 Å². The number of benzene rings is 1. The molecule has 0 atom stereocenters. The minimum Gasteiger partial charge on any atom is -0.339 e. The number of likely N-dealkylation sites (tertiary alicyclic amines) is 1. The number of rotatable bonds is 2. The molecular formula is C15H21N2O. The summed E-state index contributed by atoms with van der Waals surface area (Å²) in [6.45, 7) is 5.97. The van der Waals surface area contributed by atoms with Crippen molar-refractivity contribution in [1.82, 2.24) is 9.80 Å². The van der Waals surface area contributed by atoms with Gasteiger partial charge in [0.05, 0.1) is 0 Å². The quantitative estimate of drug-likeness (QED) is 0.796. The predicted molar refractivity (Wildman–Crippen MR) is 73.5 cm³/mol. The first kappa shape index (κ1) is 13.1. The van der Waals surface area contributed by atoms with Crippen LogP contribution in [-0.4, -0.2) is 48.9 Å². The van der Waals surface area contributed by atoms with Crippen molar-refractivity contribution in [2.45, 2.75) is 18.9 Å². The molecule has 1 heterocycles. The fraction of sp³-hybridized carbons (Fsp3) is 0.467. The van der Waals surface area contributed by atoms with E-state index < -0.39 is 0 Å². The van der Waals surface area contributed by atoms with Crippen LogP contribution in [0.3, 0.4) is 0 Å².